The largest absolute Gasteiger partial charge is 1.00 e. The van der Waals surface area contributed by atoms with Gasteiger partial charge in [0.05, 0.1) is 12.8 Å². The van der Waals surface area contributed by atoms with Gasteiger partial charge >= 0.3 is 35.5 Å². The number of carboxylic acids is 1. The summed E-state index contributed by atoms with van der Waals surface area (Å²) in [5.41, 5.74) is -1.96. The number of hydroxylamine groups is 2. The first-order chi connectivity index (χ1) is 12.3. The average molecular weight is 386 g/mol. The molecule has 2 aliphatic rings. The number of carboxylic acid groups (broad SMARTS) is 1. The first-order valence-electron chi connectivity index (χ1n) is 7.80. The van der Waals surface area contributed by atoms with Gasteiger partial charge in [0.1, 0.15) is 24.4 Å². The number of hydrogen-bond donors (Lipinski definition) is 2. The van der Waals surface area contributed by atoms with Crippen LogP contribution in [-0.2, 0) is 35.2 Å². The third-order valence-electron chi connectivity index (χ3n) is 4.14. The van der Waals surface area contributed by atoms with Crippen molar-refractivity contribution >= 4 is 23.8 Å². The summed E-state index contributed by atoms with van der Waals surface area (Å²) in [5, 5.41) is 24.0. The maximum atomic E-state index is 12.4. The van der Waals surface area contributed by atoms with E-state index in [0.29, 0.717) is 10.6 Å². The Balaban J connectivity index is 0.00000261. The Kier molecular flexibility index (Phi) is 6.47. The molecule has 2 amide bonds. The van der Waals surface area contributed by atoms with Gasteiger partial charge in [0.25, 0.3) is 11.6 Å². The molecular formula is C16H15N2NaO8. The molecule has 1 unspecified atom stereocenters. The van der Waals surface area contributed by atoms with Crippen molar-refractivity contribution < 1.29 is 68.5 Å². The molecule has 0 saturated carbocycles. The van der Waals surface area contributed by atoms with Crippen LogP contribution in [0, 0.1) is 0 Å². The predicted molar refractivity (Wildman–Crippen MR) is 79.6 cm³/mol. The minimum absolute atomic E-state index is 0. The van der Waals surface area contributed by atoms with E-state index in [1.807, 2.05) is 0 Å². The number of aromatic hydroxyl groups is 1. The Morgan fingerprint density at radius 1 is 1.33 bits per heavy atom. The van der Waals surface area contributed by atoms with Crippen molar-refractivity contribution in [3.8, 4) is 5.75 Å². The van der Waals surface area contributed by atoms with Crippen LogP contribution in [0.1, 0.15) is 18.4 Å². The summed E-state index contributed by atoms with van der Waals surface area (Å²) in [4.78, 5) is 52.3. The van der Waals surface area contributed by atoms with Gasteiger partial charge in [0.15, 0.2) is 0 Å². The Hall–Kier alpha value is -2.14. The molecule has 0 bridgehead atoms. The number of para-hydroxylation sites is 1. The van der Waals surface area contributed by atoms with Gasteiger partial charge in [-0.1, -0.05) is 18.2 Å². The van der Waals surface area contributed by atoms with Crippen LogP contribution < -0.4 is 40.0 Å². The van der Waals surface area contributed by atoms with E-state index < -0.39 is 35.5 Å². The Morgan fingerprint density at radius 2 is 2.04 bits per heavy atom. The molecule has 2 heterocycles. The van der Waals surface area contributed by atoms with Crippen LogP contribution in [0.25, 0.3) is 0 Å². The summed E-state index contributed by atoms with van der Waals surface area (Å²) >= 11 is 0. The first kappa shape index (κ1) is 21.2. The van der Waals surface area contributed by atoms with Crippen molar-refractivity contribution in [1.29, 1.82) is 0 Å². The summed E-state index contributed by atoms with van der Waals surface area (Å²) in [6, 6.07) is 5.07. The number of carbonyl (C=O) groups is 4. The summed E-state index contributed by atoms with van der Waals surface area (Å²) in [6.07, 6.45) is -0.693. The number of cyclic esters (lactones) is 1. The predicted octanol–water partition coefficient (Wildman–Crippen LogP) is -5.02. The maximum absolute atomic E-state index is 12.4. The molecule has 2 aliphatic heterocycles. The standard InChI is InChI=1S/C16H16N2O8.Na/c19-11-4-2-1-3-9(11)7-12(20)17-10-8-25-18(14(10)22)16(15(23)24)6-5-13(21)26-16;/h1-4,10,19H,5-8H2,(H,17,20)(H,23,24);/q;+1/p-1/t10-,16?;/m0./s1. The Labute approximate surface area is 175 Å². The van der Waals surface area contributed by atoms with Crippen molar-refractivity contribution in [2.75, 3.05) is 6.61 Å². The first-order valence-corrected chi connectivity index (χ1v) is 7.80. The molecule has 2 N–H and O–H groups in total. The third-order valence-corrected chi connectivity index (χ3v) is 4.14. The zero-order chi connectivity index (χ0) is 18.9. The van der Waals surface area contributed by atoms with Crippen molar-refractivity contribution in [2.45, 2.75) is 31.0 Å². The number of phenols is 1. The molecule has 1 aromatic carbocycles. The number of ether oxygens (including phenoxy) is 1. The molecule has 0 spiro atoms. The average Bonchev–Trinajstić information content (AvgIpc) is 3.14. The van der Waals surface area contributed by atoms with Crippen LogP contribution in [0.15, 0.2) is 24.3 Å². The van der Waals surface area contributed by atoms with Crippen molar-refractivity contribution in [1.82, 2.24) is 10.4 Å². The van der Waals surface area contributed by atoms with Crippen LogP contribution >= 0.6 is 0 Å². The maximum Gasteiger partial charge on any atom is 1.00 e. The van der Waals surface area contributed by atoms with Gasteiger partial charge in [-0.25, -0.2) is 0 Å². The zero-order valence-corrected chi connectivity index (χ0v) is 16.5. The molecule has 3 rings (SSSR count). The smallest absolute Gasteiger partial charge is 0.544 e. The van der Waals surface area contributed by atoms with Crippen LogP contribution in [-0.4, -0.2) is 52.3 Å². The van der Waals surface area contributed by atoms with E-state index in [2.05, 4.69) is 5.32 Å². The number of nitrogens with one attached hydrogen (secondary N) is 1. The van der Waals surface area contributed by atoms with Crippen molar-refractivity contribution in [3.63, 3.8) is 0 Å². The molecular weight excluding hydrogens is 371 g/mol. The minimum atomic E-state index is -2.33. The number of phenolic OH excluding ortho intramolecular Hbond substituents is 1. The number of esters is 1. The molecule has 0 aromatic heterocycles. The van der Waals surface area contributed by atoms with Crippen LogP contribution in [0.2, 0.25) is 0 Å². The van der Waals surface area contributed by atoms with E-state index in [0.717, 1.165) is 0 Å². The monoisotopic (exact) mass is 386 g/mol. The van der Waals surface area contributed by atoms with E-state index in [1.165, 1.54) is 6.07 Å². The molecule has 27 heavy (non-hydrogen) atoms. The molecule has 138 valence electrons. The van der Waals surface area contributed by atoms with Gasteiger partial charge in [-0.05, 0) is 6.07 Å². The summed E-state index contributed by atoms with van der Waals surface area (Å²) in [5.74, 6) is -4.07. The van der Waals surface area contributed by atoms with Crippen LogP contribution in [0.4, 0.5) is 0 Å². The number of rotatable bonds is 5. The fourth-order valence-electron chi connectivity index (χ4n) is 2.82. The normalized spacial score (nSPS) is 24.3. The number of nitrogens with zero attached hydrogens (tertiary/aromatic N) is 1. The molecule has 11 heteroatoms. The summed E-state index contributed by atoms with van der Waals surface area (Å²) < 4.78 is 4.76. The van der Waals surface area contributed by atoms with E-state index in [-0.39, 0.29) is 61.2 Å². The van der Waals surface area contributed by atoms with E-state index in [1.54, 1.807) is 18.2 Å². The second-order valence-electron chi connectivity index (χ2n) is 5.90. The third kappa shape index (κ3) is 4.08. The quantitative estimate of drug-likeness (QED) is 0.378. The van der Waals surface area contributed by atoms with Crippen LogP contribution in [0.5, 0.6) is 5.75 Å². The van der Waals surface area contributed by atoms with Gasteiger partial charge in [-0.3, -0.25) is 19.2 Å². The van der Waals surface area contributed by atoms with Gasteiger partial charge in [-0.2, -0.15) is 5.06 Å². The van der Waals surface area contributed by atoms with E-state index in [4.69, 9.17) is 9.57 Å². The molecule has 2 atom stereocenters. The van der Waals surface area contributed by atoms with Gasteiger partial charge < -0.3 is 25.1 Å². The molecule has 0 radical (unpaired) electrons. The molecule has 2 fully saturated rings. The van der Waals surface area contributed by atoms with E-state index >= 15 is 0 Å². The van der Waals surface area contributed by atoms with Crippen molar-refractivity contribution in [2.24, 2.45) is 0 Å². The Morgan fingerprint density at radius 3 is 2.63 bits per heavy atom. The topological polar surface area (TPSA) is 145 Å². The Bertz CT molecular complexity index is 785. The molecule has 0 aliphatic carbocycles. The van der Waals surface area contributed by atoms with Gasteiger partial charge in [0, 0.05) is 12.0 Å². The van der Waals surface area contributed by atoms with Crippen molar-refractivity contribution in [3.05, 3.63) is 29.8 Å². The zero-order valence-electron chi connectivity index (χ0n) is 14.5. The molecule has 2 saturated heterocycles. The summed E-state index contributed by atoms with van der Waals surface area (Å²) in [6.45, 7) is -0.322. The number of carbonyl (C=O) groups excluding carboxylic acids is 4. The number of hydrogen-bond acceptors (Lipinski definition) is 8. The second-order valence-corrected chi connectivity index (χ2v) is 5.90. The van der Waals surface area contributed by atoms with Gasteiger partial charge in [-0.15, -0.1) is 0 Å². The summed E-state index contributed by atoms with van der Waals surface area (Å²) in [7, 11) is 0. The minimum Gasteiger partial charge on any atom is -0.544 e. The number of benzene rings is 1. The molecule has 1 aromatic rings. The molecule has 10 nitrogen and oxygen atoms in total. The van der Waals surface area contributed by atoms with Crippen LogP contribution in [0.3, 0.4) is 0 Å². The fourth-order valence-corrected chi connectivity index (χ4v) is 2.82. The van der Waals surface area contributed by atoms with E-state index in [9.17, 15) is 29.4 Å². The second kappa shape index (κ2) is 8.26. The van der Waals surface area contributed by atoms with Gasteiger partial charge in [0.2, 0.25) is 5.91 Å². The fraction of sp³-hybridized carbons (Fsp3) is 0.375. The SMILES string of the molecule is O=C(Cc1ccccc1O)N[C@H]1CON(C2(C(=O)[O-])CCC(=O)O2)C1=O.[Na+]. The number of amides is 2. The number of aliphatic carboxylic acids is 1.